The Bertz CT molecular complexity index is 169. The fourth-order valence-corrected chi connectivity index (χ4v) is 1.26. The molecule has 0 fully saturated rings. The predicted molar refractivity (Wildman–Crippen MR) is 57.1 cm³/mol. The average molecular weight is 199 g/mol. The lowest BCUT2D eigenvalue weighted by Crippen LogP contribution is -2.27. The highest BCUT2D eigenvalue weighted by Crippen LogP contribution is 2.04. The van der Waals surface area contributed by atoms with Gasteiger partial charge in [0.05, 0.1) is 0 Å². The lowest BCUT2D eigenvalue weighted by atomic mass is 10.1. The molecule has 14 heavy (non-hydrogen) atoms. The smallest absolute Gasteiger partial charge is 0.222 e. The van der Waals surface area contributed by atoms with Crippen molar-refractivity contribution in [1.82, 2.24) is 4.90 Å². The summed E-state index contributed by atoms with van der Waals surface area (Å²) < 4.78 is 0. The van der Waals surface area contributed by atoms with Crippen LogP contribution in [0.15, 0.2) is 0 Å². The molecular formula is C11H21NO2. The monoisotopic (exact) mass is 199 g/mol. The third-order valence-corrected chi connectivity index (χ3v) is 2.25. The van der Waals surface area contributed by atoms with Gasteiger partial charge in [0, 0.05) is 26.4 Å². The third-order valence-electron chi connectivity index (χ3n) is 2.25. The van der Waals surface area contributed by atoms with Crippen molar-refractivity contribution < 1.29 is 9.59 Å². The van der Waals surface area contributed by atoms with Crippen LogP contribution in [-0.2, 0) is 9.59 Å². The summed E-state index contributed by atoms with van der Waals surface area (Å²) in [7, 11) is 1.76. The van der Waals surface area contributed by atoms with E-state index in [1.54, 1.807) is 11.9 Å². The van der Waals surface area contributed by atoms with Crippen LogP contribution in [0.25, 0.3) is 0 Å². The van der Waals surface area contributed by atoms with Gasteiger partial charge in [0.15, 0.2) is 0 Å². The highest BCUT2D eigenvalue weighted by molar-refractivity contribution is 5.76. The van der Waals surface area contributed by atoms with Crippen LogP contribution in [0.4, 0.5) is 0 Å². The van der Waals surface area contributed by atoms with E-state index in [9.17, 15) is 9.59 Å². The molecule has 0 saturated carbocycles. The molecule has 0 atom stereocenters. The summed E-state index contributed by atoms with van der Waals surface area (Å²) in [5.41, 5.74) is 0. The van der Waals surface area contributed by atoms with Gasteiger partial charge in [0.2, 0.25) is 5.91 Å². The molecule has 1 amide bonds. The van der Waals surface area contributed by atoms with Crippen molar-refractivity contribution in [1.29, 1.82) is 0 Å². The number of hydrogen-bond donors (Lipinski definition) is 0. The van der Waals surface area contributed by atoms with Gasteiger partial charge in [-0.3, -0.25) is 4.79 Å². The Morgan fingerprint density at radius 1 is 1.29 bits per heavy atom. The van der Waals surface area contributed by atoms with Gasteiger partial charge in [-0.15, -0.1) is 0 Å². The molecule has 0 aromatic rings. The van der Waals surface area contributed by atoms with Crippen LogP contribution in [0.3, 0.4) is 0 Å². The third kappa shape index (κ3) is 6.63. The molecule has 0 aliphatic rings. The fraction of sp³-hybridized carbons (Fsp3) is 0.818. The molecule has 0 N–H and O–H groups in total. The molecule has 0 aliphatic carbocycles. The maximum absolute atomic E-state index is 11.4. The molecule has 0 aromatic heterocycles. The first-order valence-electron chi connectivity index (χ1n) is 5.40. The van der Waals surface area contributed by atoms with Crippen molar-refractivity contribution >= 4 is 12.2 Å². The zero-order valence-electron chi connectivity index (χ0n) is 9.29. The van der Waals surface area contributed by atoms with Crippen LogP contribution < -0.4 is 0 Å². The first-order valence-corrected chi connectivity index (χ1v) is 5.40. The van der Waals surface area contributed by atoms with E-state index < -0.39 is 0 Å². The summed E-state index contributed by atoms with van der Waals surface area (Å²) in [4.78, 5) is 23.2. The topological polar surface area (TPSA) is 37.4 Å². The quantitative estimate of drug-likeness (QED) is 0.443. The van der Waals surface area contributed by atoms with Gasteiger partial charge in [-0.25, -0.2) is 0 Å². The van der Waals surface area contributed by atoms with E-state index in [1.807, 2.05) is 0 Å². The number of nitrogens with zero attached hydrogens (tertiary/aromatic N) is 1. The fourth-order valence-electron chi connectivity index (χ4n) is 1.26. The zero-order valence-corrected chi connectivity index (χ0v) is 9.29. The van der Waals surface area contributed by atoms with E-state index in [2.05, 4.69) is 6.92 Å². The number of amides is 1. The number of carbonyl (C=O) groups excluding carboxylic acids is 2. The Balaban J connectivity index is 3.46. The number of rotatable bonds is 8. The average Bonchev–Trinajstić information content (AvgIpc) is 2.20. The lowest BCUT2D eigenvalue weighted by Gasteiger charge is -2.15. The largest absolute Gasteiger partial charge is 0.345 e. The minimum Gasteiger partial charge on any atom is -0.345 e. The minimum atomic E-state index is 0.156. The zero-order chi connectivity index (χ0) is 10.8. The first kappa shape index (κ1) is 13.1. The normalized spacial score (nSPS) is 9.86. The van der Waals surface area contributed by atoms with E-state index in [0.29, 0.717) is 19.4 Å². The van der Waals surface area contributed by atoms with Gasteiger partial charge in [-0.1, -0.05) is 26.2 Å². The van der Waals surface area contributed by atoms with Crippen molar-refractivity contribution in [2.45, 2.75) is 45.4 Å². The Kier molecular flexibility index (Phi) is 8.19. The molecule has 0 radical (unpaired) electrons. The highest BCUT2D eigenvalue weighted by atomic mass is 16.2. The molecule has 3 heteroatoms. The van der Waals surface area contributed by atoms with E-state index in [1.165, 1.54) is 12.8 Å². The second-order valence-electron chi connectivity index (χ2n) is 3.58. The van der Waals surface area contributed by atoms with Crippen molar-refractivity contribution in [2.75, 3.05) is 13.6 Å². The molecule has 0 aromatic carbocycles. The van der Waals surface area contributed by atoms with Crippen LogP contribution in [-0.4, -0.2) is 30.7 Å². The van der Waals surface area contributed by atoms with E-state index in [0.717, 1.165) is 19.1 Å². The second kappa shape index (κ2) is 8.73. The molecule has 0 bridgehead atoms. The molecule has 82 valence electrons. The summed E-state index contributed by atoms with van der Waals surface area (Å²) in [5, 5.41) is 0. The van der Waals surface area contributed by atoms with Gasteiger partial charge >= 0.3 is 0 Å². The van der Waals surface area contributed by atoms with Crippen molar-refractivity contribution in [2.24, 2.45) is 0 Å². The molecule has 0 rings (SSSR count). The van der Waals surface area contributed by atoms with Crippen LogP contribution in [0, 0.1) is 0 Å². The van der Waals surface area contributed by atoms with Crippen LogP contribution in [0.5, 0.6) is 0 Å². The Morgan fingerprint density at radius 3 is 2.57 bits per heavy atom. The van der Waals surface area contributed by atoms with Crippen LogP contribution in [0.1, 0.15) is 45.4 Å². The summed E-state index contributed by atoms with van der Waals surface area (Å²) in [5.74, 6) is 0.156. The molecule has 0 heterocycles. The minimum absolute atomic E-state index is 0.156. The Morgan fingerprint density at radius 2 is 2.00 bits per heavy atom. The van der Waals surface area contributed by atoms with Gasteiger partial charge in [0.1, 0.15) is 6.29 Å². The summed E-state index contributed by atoms with van der Waals surface area (Å²) in [6.07, 6.45) is 6.40. The van der Waals surface area contributed by atoms with E-state index >= 15 is 0 Å². The molecule has 0 unspecified atom stereocenters. The second-order valence-corrected chi connectivity index (χ2v) is 3.58. The predicted octanol–water partition coefficient (Wildman–Crippen LogP) is 2.00. The molecule has 0 saturated heterocycles. The van der Waals surface area contributed by atoms with Gasteiger partial charge in [0.25, 0.3) is 0 Å². The Labute approximate surface area is 86.5 Å². The molecule has 0 aliphatic heterocycles. The maximum atomic E-state index is 11.4. The number of unbranched alkanes of at least 4 members (excludes halogenated alkanes) is 3. The SMILES string of the molecule is CCCCCCC(=O)N(C)CCC=O. The lowest BCUT2D eigenvalue weighted by molar-refractivity contribution is -0.130. The Hall–Kier alpha value is -0.860. The van der Waals surface area contributed by atoms with Crippen LogP contribution in [0.2, 0.25) is 0 Å². The number of carbonyl (C=O) groups is 2. The summed E-state index contributed by atoms with van der Waals surface area (Å²) >= 11 is 0. The highest BCUT2D eigenvalue weighted by Gasteiger charge is 2.06. The summed E-state index contributed by atoms with van der Waals surface area (Å²) in [6.45, 7) is 2.70. The van der Waals surface area contributed by atoms with Crippen molar-refractivity contribution in [3.8, 4) is 0 Å². The molecule has 0 spiro atoms. The van der Waals surface area contributed by atoms with Gasteiger partial charge in [-0.2, -0.15) is 0 Å². The van der Waals surface area contributed by atoms with E-state index in [-0.39, 0.29) is 5.91 Å². The number of hydrogen-bond acceptors (Lipinski definition) is 2. The summed E-state index contributed by atoms with van der Waals surface area (Å²) in [6, 6.07) is 0. The number of aldehydes is 1. The standard InChI is InChI=1S/C11H21NO2/c1-3-4-5-6-8-11(14)12(2)9-7-10-13/h10H,3-9H2,1-2H3. The van der Waals surface area contributed by atoms with Crippen molar-refractivity contribution in [3.63, 3.8) is 0 Å². The van der Waals surface area contributed by atoms with Gasteiger partial charge < -0.3 is 9.69 Å². The molecular weight excluding hydrogens is 178 g/mol. The van der Waals surface area contributed by atoms with E-state index in [4.69, 9.17) is 0 Å². The van der Waals surface area contributed by atoms with Crippen molar-refractivity contribution in [3.05, 3.63) is 0 Å². The maximum Gasteiger partial charge on any atom is 0.222 e. The first-order chi connectivity index (χ1) is 6.72. The van der Waals surface area contributed by atoms with Gasteiger partial charge in [-0.05, 0) is 6.42 Å². The molecule has 3 nitrogen and oxygen atoms in total. The van der Waals surface area contributed by atoms with Crippen LogP contribution >= 0.6 is 0 Å².